The van der Waals surface area contributed by atoms with E-state index in [1.165, 1.54) is 14.0 Å². The Morgan fingerprint density at radius 1 is 1.75 bits per heavy atom. The number of rotatable bonds is 1. The normalized spacial score (nSPS) is 11.0. The van der Waals surface area contributed by atoms with Gasteiger partial charge in [-0.15, -0.1) is 0 Å². The number of esters is 1. The van der Waals surface area contributed by atoms with Crippen LogP contribution in [0.1, 0.15) is 6.92 Å². The Bertz CT molecular complexity index is 118. The van der Waals surface area contributed by atoms with E-state index >= 15 is 0 Å². The maximum atomic E-state index is 10.2. The summed E-state index contributed by atoms with van der Waals surface area (Å²) in [6, 6.07) is 0. The molecule has 4 nitrogen and oxygen atoms in total. The van der Waals surface area contributed by atoms with Crippen LogP contribution in [-0.4, -0.2) is 24.0 Å². The molecule has 0 bridgehead atoms. The maximum absolute atomic E-state index is 10.2. The summed E-state index contributed by atoms with van der Waals surface area (Å²) < 4.78 is 4.17. The standard InChI is InChI=1S/C4H7NO3/c1-3(5-7)4(6)8-2/h7H,1-2H3/b5-3-. The second kappa shape index (κ2) is 3.01. The highest BCUT2D eigenvalue weighted by atomic mass is 16.5. The van der Waals surface area contributed by atoms with Crippen molar-refractivity contribution in [3.63, 3.8) is 0 Å². The van der Waals surface area contributed by atoms with Crippen molar-refractivity contribution in [2.75, 3.05) is 7.11 Å². The average molecular weight is 117 g/mol. The third kappa shape index (κ3) is 1.59. The van der Waals surface area contributed by atoms with Crippen molar-refractivity contribution < 1.29 is 14.7 Å². The zero-order valence-electron chi connectivity index (χ0n) is 4.71. The van der Waals surface area contributed by atoms with Gasteiger partial charge in [-0.25, -0.2) is 4.79 Å². The van der Waals surface area contributed by atoms with Crippen LogP contribution in [0.3, 0.4) is 0 Å². The Labute approximate surface area is 46.8 Å². The van der Waals surface area contributed by atoms with Gasteiger partial charge in [0, 0.05) is 0 Å². The van der Waals surface area contributed by atoms with Gasteiger partial charge in [0.1, 0.15) is 0 Å². The van der Waals surface area contributed by atoms with Gasteiger partial charge in [0.25, 0.3) is 0 Å². The molecule has 0 atom stereocenters. The van der Waals surface area contributed by atoms with Crippen molar-refractivity contribution in [3.05, 3.63) is 0 Å². The van der Waals surface area contributed by atoms with E-state index in [9.17, 15) is 4.79 Å². The fourth-order valence-electron chi connectivity index (χ4n) is 0.189. The smallest absolute Gasteiger partial charge is 0.355 e. The molecule has 4 heteroatoms. The highest BCUT2D eigenvalue weighted by Crippen LogP contribution is 1.77. The van der Waals surface area contributed by atoms with E-state index in [0.29, 0.717) is 0 Å². The van der Waals surface area contributed by atoms with Gasteiger partial charge in [0.2, 0.25) is 0 Å². The van der Waals surface area contributed by atoms with Crippen LogP contribution in [-0.2, 0) is 9.53 Å². The van der Waals surface area contributed by atoms with Crippen molar-refractivity contribution in [1.29, 1.82) is 0 Å². The van der Waals surface area contributed by atoms with Crippen LogP contribution in [0.2, 0.25) is 0 Å². The molecule has 0 radical (unpaired) electrons. The molecule has 0 aromatic rings. The first-order valence-corrected chi connectivity index (χ1v) is 1.99. The molecule has 0 heterocycles. The van der Waals surface area contributed by atoms with E-state index < -0.39 is 5.97 Å². The molecule has 0 spiro atoms. The molecule has 46 valence electrons. The first kappa shape index (κ1) is 6.94. The molecule has 0 saturated carbocycles. The molecule has 0 aliphatic heterocycles. The van der Waals surface area contributed by atoms with Crippen LogP contribution in [0.15, 0.2) is 5.16 Å². The van der Waals surface area contributed by atoms with Crippen molar-refractivity contribution in [1.82, 2.24) is 0 Å². The van der Waals surface area contributed by atoms with E-state index in [1.807, 2.05) is 0 Å². The van der Waals surface area contributed by atoms with Crippen LogP contribution in [0.5, 0.6) is 0 Å². The summed E-state index contributed by atoms with van der Waals surface area (Å²) in [5.74, 6) is -0.618. The van der Waals surface area contributed by atoms with Gasteiger partial charge in [-0.2, -0.15) is 0 Å². The lowest BCUT2D eigenvalue weighted by molar-refractivity contribution is -0.132. The second-order valence-corrected chi connectivity index (χ2v) is 1.18. The summed E-state index contributed by atoms with van der Waals surface area (Å²) in [6.07, 6.45) is 0. The lowest BCUT2D eigenvalue weighted by atomic mass is 10.4. The van der Waals surface area contributed by atoms with Gasteiger partial charge in [0.05, 0.1) is 7.11 Å². The molecule has 0 aliphatic carbocycles. The SMILES string of the molecule is COC(=O)/C(C)=N\O. The van der Waals surface area contributed by atoms with Crippen LogP contribution >= 0.6 is 0 Å². The predicted octanol–water partition coefficient (Wildman–Crippen LogP) is 0.00950. The molecule has 0 aliphatic rings. The largest absolute Gasteiger partial charge is 0.464 e. The molecule has 0 amide bonds. The van der Waals surface area contributed by atoms with Crippen molar-refractivity contribution in [2.45, 2.75) is 6.92 Å². The molecule has 0 aromatic carbocycles. The third-order valence-electron chi connectivity index (χ3n) is 0.631. The van der Waals surface area contributed by atoms with Gasteiger partial charge in [-0.1, -0.05) is 5.16 Å². The topological polar surface area (TPSA) is 58.9 Å². The monoisotopic (exact) mass is 117 g/mol. The minimum Gasteiger partial charge on any atom is -0.464 e. The summed E-state index contributed by atoms with van der Waals surface area (Å²) in [4.78, 5) is 10.2. The molecule has 8 heavy (non-hydrogen) atoms. The first-order chi connectivity index (χ1) is 3.72. The molecular formula is C4H7NO3. The maximum Gasteiger partial charge on any atom is 0.355 e. The third-order valence-corrected chi connectivity index (χ3v) is 0.631. The Hall–Kier alpha value is -1.06. The average Bonchev–Trinajstić information content (AvgIpc) is 1.84. The number of hydrogen-bond acceptors (Lipinski definition) is 4. The Kier molecular flexibility index (Phi) is 2.61. The molecular weight excluding hydrogens is 110 g/mol. The Morgan fingerprint density at radius 2 is 2.25 bits per heavy atom. The van der Waals surface area contributed by atoms with Gasteiger partial charge < -0.3 is 9.94 Å². The van der Waals surface area contributed by atoms with E-state index in [1.54, 1.807) is 0 Å². The second-order valence-electron chi connectivity index (χ2n) is 1.18. The molecule has 0 unspecified atom stereocenters. The van der Waals surface area contributed by atoms with Crippen LogP contribution in [0.25, 0.3) is 0 Å². The van der Waals surface area contributed by atoms with E-state index in [4.69, 9.17) is 5.21 Å². The fourth-order valence-corrected chi connectivity index (χ4v) is 0.189. The molecule has 0 rings (SSSR count). The van der Waals surface area contributed by atoms with Crippen LogP contribution in [0.4, 0.5) is 0 Å². The lowest BCUT2D eigenvalue weighted by Crippen LogP contribution is -2.11. The number of carbonyl (C=O) groups is 1. The zero-order valence-corrected chi connectivity index (χ0v) is 4.71. The van der Waals surface area contributed by atoms with Crippen LogP contribution in [0, 0.1) is 0 Å². The highest BCUT2D eigenvalue weighted by Gasteiger charge is 2.02. The molecule has 0 aromatic heterocycles. The van der Waals surface area contributed by atoms with Crippen molar-refractivity contribution in [3.8, 4) is 0 Å². The highest BCUT2D eigenvalue weighted by molar-refractivity contribution is 6.35. The summed E-state index contributed by atoms with van der Waals surface area (Å²) in [7, 11) is 1.22. The van der Waals surface area contributed by atoms with Crippen LogP contribution < -0.4 is 0 Å². The van der Waals surface area contributed by atoms with Gasteiger partial charge in [-0.05, 0) is 6.92 Å². The summed E-state index contributed by atoms with van der Waals surface area (Å²) in [5.41, 5.74) is -0.0486. The number of hydrogen-bond donors (Lipinski definition) is 1. The number of nitrogens with zero attached hydrogens (tertiary/aromatic N) is 1. The number of ether oxygens (including phenoxy) is 1. The van der Waals surface area contributed by atoms with Crippen molar-refractivity contribution >= 4 is 11.7 Å². The molecule has 1 N–H and O–H groups in total. The minimum absolute atomic E-state index is 0.0486. The summed E-state index contributed by atoms with van der Waals surface area (Å²) >= 11 is 0. The van der Waals surface area contributed by atoms with E-state index in [0.717, 1.165) is 0 Å². The number of carbonyl (C=O) groups excluding carboxylic acids is 1. The van der Waals surface area contributed by atoms with Crippen molar-refractivity contribution in [2.24, 2.45) is 5.16 Å². The van der Waals surface area contributed by atoms with Gasteiger partial charge in [-0.3, -0.25) is 0 Å². The fraction of sp³-hybridized carbons (Fsp3) is 0.500. The zero-order chi connectivity index (χ0) is 6.57. The Balaban J connectivity index is 3.83. The van der Waals surface area contributed by atoms with E-state index in [-0.39, 0.29) is 5.71 Å². The van der Waals surface area contributed by atoms with E-state index in [2.05, 4.69) is 9.89 Å². The summed E-state index contributed by atoms with van der Waals surface area (Å²) in [6.45, 7) is 1.35. The minimum atomic E-state index is -0.618. The van der Waals surface area contributed by atoms with Gasteiger partial charge in [0.15, 0.2) is 5.71 Å². The quantitative estimate of drug-likeness (QED) is 0.228. The first-order valence-electron chi connectivity index (χ1n) is 1.99. The Morgan fingerprint density at radius 3 is 2.38 bits per heavy atom. The number of methoxy groups -OCH3 is 1. The summed E-state index contributed by atoms with van der Waals surface area (Å²) in [5, 5.41) is 10.5. The van der Waals surface area contributed by atoms with Gasteiger partial charge >= 0.3 is 5.97 Å². The predicted molar refractivity (Wildman–Crippen MR) is 26.9 cm³/mol. The number of oxime groups is 1. The molecule has 0 fully saturated rings. The lowest BCUT2D eigenvalue weighted by Gasteiger charge is -1.91. The molecule has 0 saturated heterocycles.